The number of guanidine groups is 1. The van der Waals surface area contributed by atoms with Crippen LogP contribution in [0.3, 0.4) is 0 Å². The first kappa shape index (κ1) is 17.7. The van der Waals surface area contributed by atoms with Crippen LogP contribution >= 0.6 is 24.0 Å². The van der Waals surface area contributed by atoms with Gasteiger partial charge in [0.2, 0.25) is 0 Å². The van der Waals surface area contributed by atoms with Crippen LogP contribution in [0.15, 0.2) is 17.6 Å². The first-order chi connectivity index (χ1) is 9.00. The fourth-order valence-electron chi connectivity index (χ4n) is 2.26. The van der Waals surface area contributed by atoms with Crippen molar-refractivity contribution in [2.75, 3.05) is 24.6 Å². The van der Waals surface area contributed by atoms with Crippen LogP contribution < -0.4 is 10.6 Å². The Labute approximate surface area is 138 Å². The number of nitrogens with zero attached hydrogens (tertiary/aromatic N) is 1. The summed E-state index contributed by atoms with van der Waals surface area (Å²) in [6.07, 6.45) is 3.69. The van der Waals surface area contributed by atoms with Gasteiger partial charge in [0, 0.05) is 19.1 Å². The normalized spacial score (nSPS) is 31.2. The molecule has 2 fully saturated rings. The van der Waals surface area contributed by atoms with Crippen molar-refractivity contribution in [2.45, 2.75) is 25.8 Å². The molecule has 0 spiro atoms. The molecule has 1 aliphatic heterocycles. The minimum Gasteiger partial charge on any atom is -0.353 e. The van der Waals surface area contributed by atoms with Gasteiger partial charge in [-0.15, -0.1) is 30.6 Å². The maximum atomic E-state index is 11.4. The van der Waals surface area contributed by atoms with Gasteiger partial charge in [0.1, 0.15) is 0 Å². The van der Waals surface area contributed by atoms with Gasteiger partial charge in [-0.1, -0.05) is 13.0 Å². The van der Waals surface area contributed by atoms with Crippen molar-refractivity contribution in [1.29, 1.82) is 0 Å². The van der Waals surface area contributed by atoms with Gasteiger partial charge in [0.15, 0.2) is 15.8 Å². The standard InChI is InChI=1S/C13H23N3O2S.HI/c1-3-5-14-13(16-12-7-10(12)2)15-8-11-4-6-19(17,18)9-11;/h3,10-12H,1,4-9H2,2H3,(H2,14,15,16);1H. The van der Waals surface area contributed by atoms with E-state index in [-0.39, 0.29) is 35.6 Å². The zero-order valence-electron chi connectivity index (χ0n) is 11.8. The summed E-state index contributed by atoms with van der Waals surface area (Å²) in [6.45, 7) is 7.11. The summed E-state index contributed by atoms with van der Waals surface area (Å²) in [5.74, 6) is 2.24. The van der Waals surface area contributed by atoms with E-state index in [1.165, 1.54) is 6.42 Å². The molecule has 0 aromatic heterocycles. The van der Waals surface area contributed by atoms with E-state index in [0.717, 1.165) is 12.4 Å². The molecule has 1 heterocycles. The molecule has 2 aliphatic rings. The van der Waals surface area contributed by atoms with Gasteiger partial charge in [-0.05, 0) is 24.7 Å². The molecule has 1 saturated carbocycles. The molecule has 2 N–H and O–H groups in total. The largest absolute Gasteiger partial charge is 0.353 e. The first-order valence-corrected chi connectivity index (χ1v) is 8.68. The Bertz CT molecular complexity index is 464. The molecular formula is C13H24IN3O2S. The molecule has 3 atom stereocenters. The third kappa shape index (κ3) is 5.59. The van der Waals surface area contributed by atoms with Gasteiger partial charge < -0.3 is 10.6 Å². The SMILES string of the molecule is C=CCNC(=NCC1CCS(=O)(=O)C1)NC1CC1C.I. The Morgan fingerprint density at radius 3 is 2.70 bits per heavy atom. The lowest BCUT2D eigenvalue weighted by molar-refractivity contribution is 0.589. The zero-order chi connectivity index (χ0) is 13.9. The monoisotopic (exact) mass is 413 g/mol. The van der Waals surface area contributed by atoms with Crippen molar-refractivity contribution in [2.24, 2.45) is 16.8 Å². The van der Waals surface area contributed by atoms with Gasteiger partial charge >= 0.3 is 0 Å². The fraction of sp³-hybridized carbons (Fsp3) is 0.769. The average molecular weight is 413 g/mol. The molecule has 116 valence electrons. The van der Waals surface area contributed by atoms with Crippen LogP contribution in [0.1, 0.15) is 19.8 Å². The van der Waals surface area contributed by atoms with Crippen molar-refractivity contribution in [3.8, 4) is 0 Å². The van der Waals surface area contributed by atoms with Crippen LogP contribution in [-0.4, -0.2) is 45.0 Å². The Hall–Kier alpha value is -0.310. The second kappa shape index (κ2) is 7.63. The van der Waals surface area contributed by atoms with Crippen LogP contribution in [0, 0.1) is 11.8 Å². The second-order valence-corrected chi connectivity index (χ2v) is 7.82. The summed E-state index contributed by atoms with van der Waals surface area (Å²) in [5.41, 5.74) is 0. The Morgan fingerprint density at radius 2 is 2.20 bits per heavy atom. The highest BCUT2D eigenvalue weighted by molar-refractivity contribution is 14.0. The second-order valence-electron chi connectivity index (χ2n) is 5.59. The number of hydrogen-bond acceptors (Lipinski definition) is 3. The van der Waals surface area contributed by atoms with Crippen LogP contribution in [0.5, 0.6) is 0 Å². The molecule has 5 nitrogen and oxygen atoms in total. The van der Waals surface area contributed by atoms with Crippen molar-refractivity contribution >= 4 is 39.8 Å². The van der Waals surface area contributed by atoms with Crippen LogP contribution in [0.4, 0.5) is 0 Å². The minimum atomic E-state index is -2.81. The molecule has 20 heavy (non-hydrogen) atoms. The number of sulfone groups is 1. The summed E-state index contributed by atoms with van der Waals surface area (Å²) in [5, 5.41) is 6.54. The summed E-state index contributed by atoms with van der Waals surface area (Å²) in [7, 11) is -2.81. The topological polar surface area (TPSA) is 70.6 Å². The predicted molar refractivity (Wildman–Crippen MR) is 93.4 cm³/mol. The highest BCUT2D eigenvalue weighted by Gasteiger charge is 2.33. The van der Waals surface area contributed by atoms with Gasteiger partial charge in [0.05, 0.1) is 11.5 Å². The molecule has 2 rings (SSSR count). The van der Waals surface area contributed by atoms with E-state index in [2.05, 4.69) is 29.1 Å². The smallest absolute Gasteiger partial charge is 0.191 e. The quantitative estimate of drug-likeness (QED) is 0.307. The maximum Gasteiger partial charge on any atom is 0.191 e. The number of nitrogens with one attached hydrogen (secondary N) is 2. The lowest BCUT2D eigenvalue weighted by atomic mass is 10.1. The van der Waals surface area contributed by atoms with Gasteiger partial charge in [-0.25, -0.2) is 8.42 Å². The highest BCUT2D eigenvalue weighted by Crippen LogP contribution is 2.28. The van der Waals surface area contributed by atoms with Gasteiger partial charge in [-0.2, -0.15) is 0 Å². The summed E-state index contributed by atoms with van der Waals surface area (Å²) in [4.78, 5) is 4.51. The van der Waals surface area contributed by atoms with E-state index in [0.29, 0.717) is 30.8 Å². The first-order valence-electron chi connectivity index (χ1n) is 6.86. The molecule has 7 heteroatoms. The van der Waals surface area contributed by atoms with E-state index in [9.17, 15) is 8.42 Å². The van der Waals surface area contributed by atoms with Crippen molar-refractivity contribution < 1.29 is 8.42 Å². The van der Waals surface area contributed by atoms with Crippen LogP contribution in [0.25, 0.3) is 0 Å². The lowest BCUT2D eigenvalue weighted by Gasteiger charge is -2.12. The molecular weight excluding hydrogens is 389 g/mol. The van der Waals surface area contributed by atoms with Crippen molar-refractivity contribution in [3.05, 3.63) is 12.7 Å². The predicted octanol–water partition coefficient (Wildman–Crippen LogP) is 1.17. The minimum absolute atomic E-state index is 0. The molecule has 0 bridgehead atoms. The number of rotatable bonds is 5. The number of aliphatic imine (C=N–C) groups is 1. The molecule has 0 aromatic carbocycles. The molecule has 3 unspecified atom stereocenters. The molecule has 0 radical (unpaired) electrons. The molecule has 1 aliphatic carbocycles. The number of halogens is 1. The summed E-state index contributed by atoms with van der Waals surface area (Å²) in [6, 6.07) is 0.503. The van der Waals surface area contributed by atoms with Crippen molar-refractivity contribution in [1.82, 2.24) is 10.6 Å². The van der Waals surface area contributed by atoms with Gasteiger partial charge in [-0.3, -0.25) is 4.99 Å². The van der Waals surface area contributed by atoms with E-state index in [1.54, 1.807) is 6.08 Å². The Balaban J connectivity index is 0.00000200. The van der Waals surface area contributed by atoms with E-state index >= 15 is 0 Å². The summed E-state index contributed by atoms with van der Waals surface area (Å²) < 4.78 is 22.8. The molecule has 0 aromatic rings. The van der Waals surface area contributed by atoms with Crippen LogP contribution in [0.2, 0.25) is 0 Å². The molecule has 1 saturated heterocycles. The van der Waals surface area contributed by atoms with Gasteiger partial charge in [0.25, 0.3) is 0 Å². The molecule has 0 amide bonds. The third-order valence-electron chi connectivity index (χ3n) is 3.68. The number of hydrogen-bond donors (Lipinski definition) is 2. The van der Waals surface area contributed by atoms with E-state index < -0.39 is 9.84 Å². The summed E-state index contributed by atoms with van der Waals surface area (Å²) >= 11 is 0. The third-order valence-corrected chi connectivity index (χ3v) is 5.52. The van der Waals surface area contributed by atoms with Crippen LogP contribution in [-0.2, 0) is 9.84 Å². The lowest BCUT2D eigenvalue weighted by Crippen LogP contribution is -2.39. The maximum absolute atomic E-state index is 11.4. The van der Waals surface area contributed by atoms with E-state index in [4.69, 9.17) is 0 Å². The van der Waals surface area contributed by atoms with E-state index in [1.807, 2.05) is 0 Å². The highest BCUT2D eigenvalue weighted by atomic mass is 127. The van der Waals surface area contributed by atoms with Crippen molar-refractivity contribution in [3.63, 3.8) is 0 Å². The average Bonchev–Trinajstić information content (AvgIpc) is 2.92. The zero-order valence-corrected chi connectivity index (χ0v) is 15.0. The fourth-order valence-corrected chi connectivity index (χ4v) is 4.11. The Kier molecular flexibility index (Phi) is 6.77. The Morgan fingerprint density at radius 1 is 1.50 bits per heavy atom.